The molecule has 1 aromatic heterocycles. The van der Waals surface area contributed by atoms with E-state index in [2.05, 4.69) is 27.2 Å². The zero-order chi connectivity index (χ0) is 12.3. The third kappa shape index (κ3) is 2.60. The SMILES string of the molecule is CC1CN(c2nnccc2/C(N)=N/O)CCS1. The molecule has 1 saturated heterocycles. The Bertz CT molecular complexity index is 425. The predicted octanol–water partition coefficient (Wildman–Crippen LogP) is 0.513. The van der Waals surface area contributed by atoms with Crippen LogP contribution in [0, 0.1) is 0 Å². The quantitative estimate of drug-likeness (QED) is 0.346. The number of amidine groups is 1. The van der Waals surface area contributed by atoms with Crippen molar-refractivity contribution < 1.29 is 5.21 Å². The fourth-order valence-electron chi connectivity index (χ4n) is 1.82. The summed E-state index contributed by atoms with van der Waals surface area (Å²) in [4.78, 5) is 2.13. The highest BCUT2D eigenvalue weighted by molar-refractivity contribution is 8.00. The fraction of sp³-hybridized carbons (Fsp3) is 0.500. The van der Waals surface area contributed by atoms with Gasteiger partial charge in [-0.25, -0.2) is 0 Å². The molecule has 0 saturated carbocycles. The zero-order valence-electron chi connectivity index (χ0n) is 9.58. The van der Waals surface area contributed by atoms with Crippen molar-refractivity contribution in [1.82, 2.24) is 10.2 Å². The lowest BCUT2D eigenvalue weighted by Gasteiger charge is -2.32. The zero-order valence-corrected chi connectivity index (χ0v) is 10.4. The maximum absolute atomic E-state index is 8.76. The Balaban J connectivity index is 2.31. The van der Waals surface area contributed by atoms with Gasteiger partial charge in [0.05, 0.1) is 11.8 Å². The second-order valence-electron chi connectivity index (χ2n) is 3.88. The fourth-order valence-corrected chi connectivity index (χ4v) is 2.84. The summed E-state index contributed by atoms with van der Waals surface area (Å²) in [5.74, 6) is 1.81. The van der Waals surface area contributed by atoms with E-state index < -0.39 is 0 Å². The van der Waals surface area contributed by atoms with Crippen molar-refractivity contribution in [3.8, 4) is 0 Å². The molecular formula is C10H15N5OS. The Morgan fingerprint density at radius 2 is 2.53 bits per heavy atom. The molecule has 92 valence electrons. The van der Waals surface area contributed by atoms with E-state index in [0.717, 1.165) is 18.8 Å². The molecule has 1 aromatic rings. The number of nitrogens with two attached hydrogens (primary N) is 1. The van der Waals surface area contributed by atoms with Crippen LogP contribution in [0.1, 0.15) is 12.5 Å². The first-order valence-electron chi connectivity index (χ1n) is 5.38. The van der Waals surface area contributed by atoms with E-state index >= 15 is 0 Å². The summed E-state index contributed by atoms with van der Waals surface area (Å²) in [5, 5.41) is 20.3. The highest BCUT2D eigenvalue weighted by Gasteiger charge is 2.21. The highest BCUT2D eigenvalue weighted by Crippen LogP contribution is 2.24. The Morgan fingerprint density at radius 3 is 3.24 bits per heavy atom. The van der Waals surface area contributed by atoms with Crippen LogP contribution in [0.3, 0.4) is 0 Å². The number of rotatable bonds is 2. The first-order chi connectivity index (χ1) is 8.22. The molecule has 2 heterocycles. The molecule has 2 rings (SSSR count). The van der Waals surface area contributed by atoms with Crippen molar-refractivity contribution in [3.63, 3.8) is 0 Å². The van der Waals surface area contributed by atoms with Gasteiger partial charge in [0, 0.05) is 24.1 Å². The summed E-state index contributed by atoms with van der Waals surface area (Å²) in [5.41, 5.74) is 6.26. The lowest BCUT2D eigenvalue weighted by atomic mass is 10.2. The topological polar surface area (TPSA) is 87.6 Å². The van der Waals surface area contributed by atoms with Gasteiger partial charge in [-0.05, 0) is 6.07 Å². The van der Waals surface area contributed by atoms with E-state index in [-0.39, 0.29) is 5.84 Å². The molecule has 6 nitrogen and oxygen atoms in total. The van der Waals surface area contributed by atoms with Crippen molar-refractivity contribution in [1.29, 1.82) is 0 Å². The Labute approximate surface area is 104 Å². The van der Waals surface area contributed by atoms with Gasteiger partial charge in [0.1, 0.15) is 0 Å². The molecular weight excluding hydrogens is 238 g/mol. The average Bonchev–Trinajstić information content (AvgIpc) is 2.38. The summed E-state index contributed by atoms with van der Waals surface area (Å²) in [6.45, 7) is 3.98. The molecule has 1 fully saturated rings. The molecule has 0 bridgehead atoms. The van der Waals surface area contributed by atoms with E-state index in [1.807, 2.05) is 11.8 Å². The van der Waals surface area contributed by atoms with Gasteiger partial charge in [0.25, 0.3) is 0 Å². The molecule has 3 N–H and O–H groups in total. The largest absolute Gasteiger partial charge is 0.409 e. The Kier molecular flexibility index (Phi) is 3.68. The minimum absolute atomic E-state index is 0.0702. The predicted molar refractivity (Wildman–Crippen MR) is 68.7 cm³/mol. The Hall–Kier alpha value is -1.50. The van der Waals surface area contributed by atoms with E-state index in [1.54, 1.807) is 12.3 Å². The van der Waals surface area contributed by atoms with Crippen molar-refractivity contribution in [2.75, 3.05) is 23.7 Å². The summed E-state index contributed by atoms with van der Waals surface area (Å²) in [7, 11) is 0. The molecule has 0 radical (unpaired) electrons. The number of anilines is 1. The van der Waals surface area contributed by atoms with Crippen LogP contribution >= 0.6 is 11.8 Å². The Morgan fingerprint density at radius 1 is 1.71 bits per heavy atom. The van der Waals surface area contributed by atoms with Crippen LogP contribution in [0.4, 0.5) is 5.82 Å². The van der Waals surface area contributed by atoms with Crippen LogP contribution in [-0.4, -0.2) is 45.3 Å². The maximum Gasteiger partial charge on any atom is 0.173 e. The van der Waals surface area contributed by atoms with Crippen molar-refractivity contribution >= 4 is 23.4 Å². The first-order valence-corrected chi connectivity index (χ1v) is 6.43. The molecule has 1 unspecified atom stereocenters. The number of hydrogen-bond acceptors (Lipinski definition) is 6. The average molecular weight is 253 g/mol. The van der Waals surface area contributed by atoms with Gasteiger partial charge in [-0.1, -0.05) is 12.1 Å². The minimum atomic E-state index is 0.0702. The lowest BCUT2D eigenvalue weighted by molar-refractivity contribution is 0.318. The normalized spacial score (nSPS) is 21.6. The standard InChI is InChI=1S/C10H15N5OS/c1-7-6-15(4-5-17-7)10-8(9(11)14-16)2-3-12-13-10/h2-3,7,16H,4-6H2,1H3,(H2,11,14). The summed E-state index contributed by atoms with van der Waals surface area (Å²) < 4.78 is 0. The third-order valence-corrected chi connectivity index (χ3v) is 3.76. The summed E-state index contributed by atoms with van der Waals surface area (Å²) in [6, 6.07) is 1.71. The van der Waals surface area contributed by atoms with Crippen LogP contribution in [-0.2, 0) is 0 Å². The molecule has 0 spiro atoms. The van der Waals surface area contributed by atoms with Crippen molar-refractivity contribution in [3.05, 3.63) is 17.8 Å². The first kappa shape index (κ1) is 12.0. The van der Waals surface area contributed by atoms with Gasteiger partial charge in [-0.2, -0.15) is 16.9 Å². The van der Waals surface area contributed by atoms with Gasteiger partial charge in [-0.15, -0.1) is 5.10 Å². The van der Waals surface area contributed by atoms with E-state index in [0.29, 0.717) is 16.6 Å². The molecule has 7 heteroatoms. The van der Waals surface area contributed by atoms with Gasteiger partial charge in [-0.3, -0.25) is 0 Å². The maximum atomic E-state index is 8.76. The monoisotopic (exact) mass is 253 g/mol. The van der Waals surface area contributed by atoms with E-state index in [9.17, 15) is 0 Å². The molecule has 1 atom stereocenters. The minimum Gasteiger partial charge on any atom is -0.409 e. The number of hydrogen-bond donors (Lipinski definition) is 2. The smallest absolute Gasteiger partial charge is 0.173 e. The van der Waals surface area contributed by atoms with Gasteiger partial charge in [0.15, 0.2) is 11.7 Å². The van der Waals surface area contributed by atoms with Gasteiger partial charge in [0.2, 0.25) is 0 Å². The highest BCUT2D eigenvalue weighted by atomic mass is 32.2. The number of nitrogens with zero attached hydrogens (tertiary/aromatic N) is 4. The lowest BCUT2D eigenvalue weighted by Crippen LogP contribution is -2.38. The van der Waals surface area contributed by atoms with Gasteiger partial charge >= 0.3 is 0 Å². The van der Waals surface area contributed by atoms with E-state index in [1.165, 1.54) is 0 Å². The summed E-state index contributed by atoms with van der Waals surface area (Å²) in [6.07, 6.45) is 1.54. The van der Waals surface area contributed by atoms with Crippen LogP contribution in [0.2, 0.25) is 0 Å². The number of thioether (sulfide) groups is 1. The van der Waals surface area contributed by atoms with Crippen LogP contribution in [0.25, 0.3) is 0 Å². The number of oxime groups is 1. The summed E-state index contributed by atoms with van der Waals surface area (Å²) >= 11 is 1.94. The second-order valence-corrected chi connectivity index (χ2v) is 5.43. The number of aromatic nitrogens is 2. The van der Waals surface area contributed by atoms with Crippen molar-refractivity contribution in [2.24, 2.45) is 10.9 Å². The molecule has 0 aromatic carbocycles. The molecule has 1 aliphatic heterocycles. The molecule has 1 aliphatic rings. The molecule has 0 amide bonds. The van der Waals surface area contributed by atoms with Crippen molar-refractivity contribution in [2.45, 2.75) is 12.2 Å². The molecule has 17 heavy (non-hydrogen) atoms. The van der Waals surface area contributed by atoms with E-state index in [4.69, 9.17) is 10.9 Å². The van der Waals surface area contributed by atoms with Crippen LogP contribution < -0.4 is 10.6 Å². The third-order valence-electron chi connectivity index (χ3n) is 2.63. The van der Waals surface area contributed by atoms with Crippen LogP contribution in [0.15, 0.2) is 17.4 Å². The van der Waals surface area contributed by atoms with Gasteiger partial charge < -0.3 is 15.8 Å². The van der Waals surface area contributed by atoms with Crippen LogP contribution in [0.5, 0.6) is 0 Å². The molecule has 0 aliphatic carbocycles. The second kappa shape index (κ2) is 5.22.